The summed E-state index contributed by atoms with van der Waals surface area (Å²) in [7, 11) is 0. The molecular formula is C18H38N2. The van der Waals surface area contributed by atoms with Gasteiger partial charge in [-0.05, 0) is 50.6 Å². The molecule has 20 heavy (non-hydrogen) atoms. The average molecular weight is 283 g/mol. The molecule has 0 bridgehead atoms. The van der Waals surface area contributed by atoms with Gasteiger partial charge in [0.05, 0.1) is 0 Å². The van der Waals surface area contributed by atoms with Crippen LogP contribution in [0.4, 0.5) is 0 Å². The SMILES string of the molecule is CCCNC1CCC(C)CC1N(CC)CC(CC)CC. The number of nitrogens with zero attached hydrogens (tertiary/aromatic N) is 1. The van der Waals surface area contributed by atoms with Gasteiger partial charge in [0.25, 0.3) is 0 Å². The number of rotatable bonds is 9. The molecule has 2 heteroatoms. The van der Waals surface area contributed by atoms with Gasteiger partial charge in [-0.15, -0.1) is 0 Å². The van der Waals surface area contributed by atoms with Crippen LogP contribution in [-0.4, -0.2) is 36.6 Å². The molecule has 1 fully saturated rings. The number of hydrogen-bond acceptors (Lipinski definition) is 2. The minimum absolute atomic E-state index is 0.723. The van der Waals surface area contributed by atoms with Crippen LogP contribution in [0.3, 0.4) is 0 Å². The quantitative estimate of drug-likeness (QED) is 0.678. The van der Waals surface area contributed by atoms with E-state index in [-0.39, 0.29) is 0 Å². The number of likely N-dealkylation sites (N-methyl/N-ethyl adjacent to an activating group) is 1. The molecular weight excluding hydrogens is 244 g/mol. The fraction of sp³-hybridized carbons (Fsp3) is 1.00. The Bertz CT molecular complexity index is 236. The summed E-state index contributed by atoms with van der Waals surface area (Å²) in [5.41, 5.74) is 0. The lowest BCUT2D eigenvalue weighted by atomic mass is 9.82. The first-order valence-electron chi connectivity index (χ1n) is 9.13. The molecule has 2 nitrogen and oxygen atoms in total. The van der Waals surface area contributed by atoms with Crippen molar-refractivity contribution in [2.24, 2.45) is 11.8 Å². The summed E-state index contributed by atoms with van der Waals surface area (Å²) in [6.45, 7) is 15.4. The fourth-order valence-corrected chi connectivity index (χ4v) is 3.70. The second kappa shape index (κ2) is 9.78. The fourth-order valence-electron chi connectivity index (χ4n) is 3.70. The molecule has 120 valence electrons. The Balaban J connectivity index is 2.67. The summed E-state index contributed by atoms with van der Waals surface area (Å²) in [5.74, 6) is 1.77. The van der Waals surface area contributed by atoms with Gasteiger partial charge in [-0.1, -0.05) is 47.5 Å². The first-order valence-corrected chi connectivity index (χ1v) is 9.13. The van der Waals surface area contributed by atoms with Crippen molar-refractivity contribution in [2.45, 2.75) is 85.2 Å². The molecule has 1 rings (SSSR count). The Labute approximate surface area is 127 Å². The first kappa shape index (κ1) is 18.0. The van der Waals surface area contributed by atoms with Gasteiger partial charge in [-0.2, -0.15) is 0 Å². The van der Waals surface area contributed by atoms with E-state index >= 15 is 0 Å². The summed E-state index contributed by atoms with van der Waals surface area (Å²) in [5, 5.41) is 3.82. The van der Waals surface area contributed by atoms with E-state index < -0.39 is 0 Å². The molecule has 1 saturated carbocycles. The van der Waals surface area contributed by atoms with Gasteiger partial charge >= 0.3 is 0 Å². The predicted molar refractivity (Wildman–Crippen MR) is 90.2 cm³/mol. The second-order valence-electron chi connectivity index (χ2n) is 6.82. The van der Waals surface area contributed by atoms with Crippen LogP contribution in [-0.2, 0) is 0 Å². The van der Waals surface area contributed by atoms with Crippen molar-refractivity contribution in [3.05, 3.63) is 0 Å². The summed E-state index contributed by atoms with van der Waals surface area (Å²) >= 11 is 0. The topological polar surface area (TPSA) is 15.3 Å². The summed E-state index contributed by atoms with van der Waals surface area (Å²) in [6.07, 6.45) is 8.04. The Morgan fingerprint density at radius 1 is 1.10 bits per heavy atom. The monoisotopic (exact) mass is 282 g/mol. The van der Waals surface area contributed by atoms with Crippen molar-refractivity contribution in [1.82, 2.24) is 10.2 Å². The molecule has 0 aromatic heterocycles. The van der Waals surface area contributed by atoms with E-state index in [2.05, 4.69) is 44.8 Å². The summed E-state index contributed by atoms with van der Waals surface area (Å²) in [6, 6.07) is 1.48. The molecule has 0 aromatic carbocycles. The zero-order chi connectivity index (χ0) is 15.0. The van der Waals surface area contributed by atoms with Gasteiger partial charge in [0.2, 0.25) is 0 Å². The normalized spacial score (nSPS) is 27.4. The highest BCUT2D eigenvalue weighted by atomic mass is 15.2. The van der Waals surface area contributed by atoms with E-state index in [1.807, 2.05) is 0 Å². The number of hydrogen-bond donors (Lipinski definition) is 1. The molecule has 1 N–H and O–H groups in total. The molecule has 3 unspecified atom stereocenters. The highest BCUT2D eigenvalue weighted by Crippen LogP contribution is 2.29. The average Bonchev–Trinajstić information content (AvgIpc) is 2.47. The molecule has 0 aromatic rings. The van der Waals surface area contributed by atoms with Crippen LogP contribution in [0.15, 0.2) is 0 Å². The lowest BCUT2D eigenvalue weighted by Crippen LogP contribution is -2.54. The van der Waals surface area contributed by atoms with Gasteiger partial charge in [-0.3, -0.25) is 4.90 Å². The zero-order valence-electron chi connectivity index (χ0n) is 14.6. The Hall–Kier alpha value is -0.0800. The maximum Gasteiger partial charge on any atom is 0.0251 e. The largest absolute Gasteiger partial charge is 0.312 e. The third-order valence-corrected chi connectivity index (χ3v) is 5.26. The lowest BCUT2D eigenvalue weighted by molar-refractivity contribution is 0.0888. The molecule has 1 aliphatic rings. The maximum absolute atomic E-state index is 3.82. The molecule has 0 radical (unpaired) electrons. The zero-order valence-corrected chi connectivity index (χ0v) is 14.6. The summed E-state index contributed by atoms with van der Waals surface area (Å²) < 4.78 is 0. The van der Waals surface area contributed by atoms with E-state index in [0.29, 0.717) is 0 Å². The lowest BCUT2D eigenvalue weighted by Gasteiger charge is -2.43. The molecule has 3 atom stereocenters. The molecule has 0 amide bonds. The maximum atomic E-state index is 3.82. The molecule has 0 saturated heterocycles. The third-order valence-electron chi connectivity index (χ3n) is 5.26. The molecule has 0 heterocycles. The van der Waals surface area contributed by atoms with Gasteiger partial charge in [-0.25, -0.2) is 0 Å². The van der Waals surface area contributed by atoms with Crippen LogP contribution in [0.5, 0.6) is 0 Å². The number of nitrogens with one attached hydrogen (secondary N) is 1. The van der Waals surface area contributed by atoms with E-state index in [4.69, 9.17) is 0 Å². The van der Waals surface area contributed by atoms with Crippen molar-refractivity contribution in [2.75, 3.05) is 19.6 Å². The highest BCUT2D eigenvalue weighted by Gasteiger charge is 2.32. The highest BCUT2D eigenvalue weighted by molar-refractivity contribution is 4.90. The van der Waals surface area contributed by atoms with Crippen LogP contribution in [0.25, 0.3) is 0 Å². The Kier molecular flexibility index (Phi) is 8.79. The Morgan fingerprint density at radius 2 is 1.80 bits per heavy atom. The Morgan fingerprint density at radius 3 is 2.35 bits per heavy atom. The van der Waals surface area contributed by atoms with Crippen molar-refractivity contribution in [3.63, 3.8) is 0 Å². The third kappa shape index (κ3) is 5.37. The predicted octanol–water partition coefficient (Wildman–Crippen LogP) is 4.30. The van der Waals surface area contributed by atoms with Crippen LogP contribution < -0.4 is 5.32 Å². The minimum atomic E-state index is 0.723. The van der Waals surface area contributed by atoms with Crippen LogP contribution >= 0.6 is 0 Å². The second-order valence-corrected chi connectivity index (χ2v) is 6.82. The van der Waals surface area contributed by atoms with Crippen molar-refractivity contribution < 1.29 is 0 Å². The smallest absolute Gasteiger partial charge is 0.0251 e. The molecule has 0 spiro atoms. The van der Waals surface area contributed by atoms with Gasteiger partial charge in [0, 0.05) is 18.6 Å². The molecule has 0 aliphatic heterocycles. The summed E-state index contributed by atoms with van der Waals surface area (Å²) in [4.78, 5) is 2.78. The van der Waals surface area contributed by atoms with E-state index in [0.717, 1.165) is 23.9 Å². The van der Waals surface area contributed by atoms with Gasteiger partial charge in [0.15, 0.2) is 0 Å². The van der Waals surface area contributed by atoms with Crippen LogP contribution in [0.2, 0.25) is 0 Å². The van der Waals surface area contributed by atoms with Gasteiger partial charge in [0.1, 0.15) is 0 Å². The van der Waals surface area contributed by atoms with Crippen LogP contribution in [0.1, 0.15) is 73.1 Å². The van der Waals surface area contributed by atoms with Gasteiger partial charge < -0.3 is 5.32 Å². The van der Waals surface area contributed by atoms with Crippen LogP contribution in [0, 0.1) is 11.8 Å². The molecule has 1 aliphatic carbocycles. The standard InChI is InChI=1S/C18H38N2/c1-6-12-19-17-11-10-15(5)13-18(17)20(9-4)14-16(7-2)8-3/h15-19H,6-14H2,1-5H3. The van der Waals surface area contributed by atoms with E-state index in [9.17, 15) is 0 Å². The minimum Gasteiger partial charge on any atom is -0.312 e. The first-order chi connectivity index (χ1) is 9.65. The van der Waals surface area contributed by atoms with Crippen molar-refractivity contribution in [3.8, 4) is 0 Å². The van der Waals surface area contributed by atoms with E-state index in [1.165, 1.54) is 58.2 Å². The van der Waals surface area contributed by atoms with E-state index in [1.54, 1.807) is 0 Å². The van der Waals surface area contributed by atoms with Crippen molar-refractivity contribution >= 4 is 0 Å². The van der Waals surface area contributed by atoms with Crippen molar-refractivity contribution in [1.29, 1.82) is 0 Å².